The standard InChI is InChI=1S/C13H18BrN3O2S/c1-16-4-6-17(7-5-16)13(18)9-20(19)12-3-2-10(14)8-11(12)15/h2-3,8H,4-7,9,15H2,1H3. The molecule has 1 aliphatic heterocycles. The average Bonchev–Trinajstić information content (AvgIpc) is 2.39. The molecule has 1 aliphatic rings. The highest BCUT2D eigenvalue weighted by atomic mass is 79.9. The van der Waals surface area contributed by atoms with Crippen molar-refractivity contribution in [3.05, 3.63) is 22.7 Å². The van der Waals surface area contributed by atoms with Gasteiger partial charge >= 0.3 is 0 Å². The van der Waals surface area contributed by atoms with Crippen LogP contribution in [-0.4, -0.2) is 58.9 Å². The van der Waals surface area contributed by atoms with Crippen LogP contribution in [0, 0.1) is 0 Å². The molecule has 0 aliphatic carbocycles. The van der Waals surface area contributed by atoms with Crippen molar-refractivity contribution in [3.63, 3.8) is 0 Å². The van der Waals surface area contributed by atoms with Gasteiger partial charge in [0, 0.05) is 36.3 Å². The van der Waals surface area contributed by atoms with Crippen LogP contribution in [0.4, 0.5) is 5.69 Å². The van der Waals surface area contributed by atoms with Crippen LogP contribution in [0.25, 0.3) is 0 Å². The number of hydrogen-bond donors (Lipinski definition) is 1. The summed E-state index contributed by atoms with van der Waals surface area (Å²) in [5, 5.41) is 0. The predicted octanol–water partition coefficient (Wildman–Crippen LogP) is 0.913. The van der Waals surface area contributed by atoms with E-state index >= 15 is 0 Å². The fraction of sp³-hybridized carbons (Fsp3) is 0.462. The second-order valence-electron chi connectivity index (χ2n) is 4.86. The van der Waals surface area contributed by atoms with Gasteiger partial charge in [-0.1, -0.05) is 15.9 Å². The van der Waals surface area contributed by atoms with Crippen molar-refractivity contribution in [1.29, 1.82) is 0 Å². The third kappa shape index (κ3) is 3.80. The molecule has 0 saturated carbocycles. The lowest BCUT2D eigenvalue weighted by Crippen LogP contribution is -2.48. The minimum Gasteiger partial charge on any atom is -0.398 e. The monoisotopic (exact) mass is 359 g/mol. The average molecular weight is 360 g/mol. The molecule has 20 heavy (non-hydrogen) atoms. The fourth-order valence-electron chi connectivity index (χ4n) is 2.06. The van der Waals surface area contributed by atoms with Gasteiger partial charge in [0.15, 0.2) is 0 Å². The number of nitrogens with zero attached hydrogens (tertiary/aromatic N) is 2. The van der Waals surface area contributed by atoms with E-state index in [1.165, 1.54) is 0 Å². The molecule has 1 aromatic carbocycles. The van der Waals surface area contributed by atoms with Gasteiger partial charge in [-0.2, -0.15) is 0 Å². The normalized spacial score (nSPS) is 18.0. The predicted molar refractivity (Wildman–Crippen MR) is 83.9 cm³/mol. The SMILES string of the molecule is CN1CCN(C(=O)CS(=O)c2ccc(Br)cc2N)CC1. The molecule has 1 amide bonds. The molecule has 7 heteroatoms. The number of likely N-dealkylation sites (N-methyl/N-ethyl adjacent to an activating group) is 1. The Hall–Kier alpha value is -0.920. The first kappa shape index (κ1) is 15.5. The van der Waals surface area contributed by atoms with Crippen LogP contribution in [0.1, 0.15) is 0 Å². The molecule has 1 fully saturated rings. The molecular formula is C13H18BrN3O2S. The van der Waals surface area contributed by atoms with Gasteiger partial charge in [0.05, 0.1) is 15.7 Å². The minimum atomic E-state index is -1.39. The Balaban J connectivity index is 1.99. The summed E-state index contributed by atoms with van der Waals surface area (Å²) in [6.07, 6.45) is 0. The summed E-state index contributed by atoms with van der Waals surface area (Å²) in [6.45, 7) is 3.11. The topological polar surface area (TPSA) is 66.6 Å². The lowest BCUT2D eigenvalue weighted by molar-refractivity contribution is -0.129. The molecule has 5 nitrogen and oxygen atoms in total. The Labute approximate surface area is 129 Å². The van der Waals surface area contributed by atoms with Gasteiger partial charge in [-0.15, -0.1) is 0 Å². The van der Waals surface area contributed by atoms with Gasteiger partial charge in [0.2, 0.25) is 5.91 Å². The smallest absolute Gasteiger partial charge is 0.235 e. The largest absolute Gasteiger partial charge is 0.398 e. The van der Waals surface area contributed by atoms with Crippen LogP contribution in [0.15, 0.2) is 27.6 Å². The molecule has 1 aromatic rings. The van der Waals surface area contributed by atoms with Gasteiger partial charge in [-0.3, -0.25) is 9.00 Å². The molecule has 2 N–H and O–H groups in total. The van der Waals surface area contributed by atoms with E-state index in [9.17, 15) is 9.00 Å². The summed E-state index contributed by atoms with van der Waals surface area (Å²) in [4.78, 5) is 16.6. The van der Waals surface area contributed by atoms with Gasteiger partial charge in [0.1, 0.15) is 5.75 Å². The van der Waals surface area contributed by atoms with E-state index < -0.39 is 10.8 Å². The van der Waals surface area contributed by atoms with E-state index in [1.807, 2.05) is 7.05 Å². The third-order valence-electron chi connectivity index (χ3n) is 3.33. The Morgan fingerprint density at radius 1 is 1.35 bits per heavy atom. The van der Waals surface area contributed by atoms with Crippen molar-refractivity contribution in [2.75, 3.05) is 44.7 Å². The Bertz CT molecular complexity index is 530. The lowest BCUT2D eigenvalue weighted by atomic mass is 10.3. The number of amides is 1. The van der Waals surface area contributed by atoms with Crippen molar-refractivity contribution in [2.24, 2.45) is 0 Å². The molecule has 0 radical (unpaired) electrons. The zero-order valence-electron chi connectivity index (χ0n) is 11.3. The van der Waals surface area contributed by atoms with Crippen LogP contribution in [0.3, 0.4) is 0 Å². The summed E-state index contributed by atoms with van der Waals surface area (Å²) in [5.74, 6) is -0.0750. The number of anilines is 1. The van der Waals surface area contributed by atoms with Crippen molar-refractivity contribution in [2.45, 2.75) is 4.90 Å². The van der Waals surface area contributed by atoms with Crippen molar-refractivity contribution >= 4 is 38.3 Å². The highest BCUT2D eigenvalue weighted by Crippen LogP contribution is 2.21. The quantitative estimate of drug-likeness (QED) is 0.814. The molecule has 110 valence electrons. The number of halogens is 1. The molecule has 0 aromatic heterocycles. The van der Waals surface area contributed by atoms with E-state index in [0.717, 1.165) is 17.6 Å². The second-order valence-corrected chi connectivity index (χ2v) is 7.19. The number of nitrogens with two attached hydrogens (primary N) is 1. The Kier molecular flexibility index (Phi) is 5.17. The molecular weight excluding hydrogens is 342 g/mol. The Morgan fingerprint density at radius 2 is 2.00 bits per heavy atom. The van der Waals surface area contributed by atoms with Crippen LogP contribution in [-0.2, 0) is 15.6 Å². The van der Waals surface area contributed by atoms with E-state index in [-0.39, 0.29) is 11.7 Å². The first-order chi connectivity index (χ1) is 9.47. The lowest BCUT2D eigenvalue weighted by Gasteiger charge is -2.32. The number of carbonyl (C=O) groups is 1. The van der Waals surface area contributed by atoms with Gasteiger partial charge < -0.3 is 15.5 Å². The zero-order chi connectivity index (χ0) is 14.7. The summed E-state index contributed by atoms with van der Waals surface area (Å²) >= 11 is 3.31. The maximum Gasteiger partial charge on any atom is 0.235 e. The number of hydrogen-bond acceptors (Lipinski definition) is 4. The number of carbonyl (C=O) groups excluding carboxylic acids is 1. The van der Waals surface area contributed by atoms with E-state index in [2.05, 4.69) is 20.8 Å². The van der Waals surface area contributed by atoms with Crippen molar-refractivity contribution < 1.29 is 9.00 Å². The highest BCUT2D eigenvalue weighted by Gasteiger charge is 2.21. The van der Waals surface area contributed by atoms with E-state index in [4.69, 9.17) is 5.73 Å². The number of piperazine rings is 1. The summed E-state index contributed by atoms with van der Waals surface area (Å²) in [7, 11) is 0.636. The third-order valence-corrected chi connectivity index (χ3v) is 5.19. The summed E-state index contributed by atoms with van der Waals surface area (Å²) < 4.78 is 13.1. The molecule has 2 rings (SSSR count). The summed E-state index contributed by atoms with van der Waals surface area (Å²) in [5.41, 5.74) is 6.29. The molecule has 0 spiro atoms. The van der Waals surface area contributed by atoms with Crippen LogP contribution in [0.2, 0.25) is 0 Å². The van der Waals surface area contributed by atoms with Crippen molar-refractivity contribution in [1.82, 2.24) is 9.80 Å². The maximum absolute atomic E-state index is 12.3. The van der Waals surface area contributed by atoms with Gasteiger partial charge in [-0.25, -0.2) is 0 Å². The number of nitrogen functional groups attached to an aromatic ring is 1. The molecule has 0 bridgehead atoms. The first-order valence-corrected chi connectivity index (χ1v) is 8.48. The molecule has 1 atom stereocenters. The van der Waals surface area contributed by atoms with E-state index in [0.29, 0.717) is 23.7 Å². The minimum absolute atomic E-state index is 0.00442. The second kappa shape index (κ2) is 6.69. The summed E-state index contributed by atoms with van der Waals surface area (Å²) in [6, 6.07) is 5.18. The Morgan fingerprint density at radius 3 is 2.60 bits per heavy atom. The number of rotatable bonds is 3. The maximum atomic E-state index is 12.3. The fourth-order valence-corrected chi connectivity index (χ4v) is 3.55. The zero-order valence-corrected chi connectivity index (χ0v) is 13.7. The molecule has 1 saturated heterocycles. The van der Waals surface area contributed by atoms with Crippen LogP contribution >= 0.6 is 15.9 Å². The number of benzene rings is 1. The first-order valence-electron chi connectivity index (χ1n) is 6.37. The van der Waals surface area contributed by atoms with E-state index in [1.54, 1.807) is 23.1 Å². The van der Waals surface area contributed by atoms with Gasteiger partial charge in [-0.05, 0) is 25.2 Å². The van der Waals surface area contributed by atoms with Crippen LogP contribution < -0.4 is 5.73 Å². The molecule has 1 heterocycles. The molecule has 1 unspecified atom stereocenters. The van der Waals surface area contributed by atoms with Crippen LogP contribution in [0.5, 0.6) is 0 Å². The highest BCUT2D eigenvalue weighted by molar-refractivity contribution is 9.10. The van der Waals surface area contributed by atoms with Gasteiger partial charge in [0.25, 0.3) is 0 Å². The van der Waals surface area contributed by atoms with Crippen molar-refractivity contribution in [3.8, 4) is 0 Å².